The summed E-state index contributed by atoms with van der Waals surface area (Å²) in [5.74, 6) is 0.669. The van der Waals surface area contributed by atoms with Crippen LogP contribution in [0.5, 0.6) is 11.5 Å². The molecule has 184 valence electrons. The van der Waals surface area contributed by atoms with E-state index in [1.54, 1.807) is 20.1 Å². The zero-order chi connectivity index (χ0) is 24.2. The smallest absolute Gasteiger partial charge is 0.342 e. The summed E-state index contributed by atoms with van der Waals surface area (Å²) >= 11 is 0. The molecule has 2 rings (SSSR count). The van der Waals surface area contributed by atoms with E-state index >= 15 is 0 Å². The number of Topliss-reactive ketones (excluding diaryl/α,β-unsaturated/α-hetero) is 1. The van der Waals surface area contributed by atoms with Crippen LogP contribution in [0, 0.1) is 0 Å². The van der Waals surface area contributed by atoms with E-state index in [-0.39, 0.29) is 29.9 Å². The predicted molar refractivity (Wildman–Crippen MR) is 125 cm³/mol. The second-order valence-corrected chi connectivity index (χ2v) is 8.71. The van der Waals surface area contributed by atoms with Gasteiger partial charge in [0.05, 0.1) is 14.2 Å². The molecule has 33 heavy (non-hydrogen) atoms. The largest absolute Gasteiger partial charge is 0.497 e. The van der Waals surface area contributed by atoms with Crippen molar-refractivity contribution in [2.24, 2.45) is 0 Å². The van der Waals surface area contributed by atoms with E-state index in [1.807, 2.05) is 6.07 Å². The van der Waals surface area contributed by atoms with Gasteiger partial charge in [0.2, 0.25) is 0 Å². The Morgan fingerprint density at radius 1 is 0.939 bits per heavy atom. The number of ketones is 1. The molecule has 0 saturated carbocycles. The lowest BCUT2D eigenvalue weighted by atomic mass is 9.98. The van der Waals surface area contributed by atoms with Crippen LogP contribution >= 0.6 is 0 Å². The van der Waals surface area contributed by atoms with Gasteiger partial charge in [-0.3, -0.25) is 4.79 Å². The van der Waals surface area contributed by atoms with Crippen molar-refractivity contribution in [3.05, 3.63) is 23.3 Å². The van der Waals surface area contributed by atoms with Crippen LogP contribution in [0.15, 0.2) is 12.1 Å². The van der Waals surface area contributed by atoms with Crippen molar-refractivity contribution >= 4 is 17.7 Å². The van der Waals surface area contributed by atoms with E-state index in [4.69, 9.17) is 18.9 Å². The average Bonchev–Trinajstić information content (AvgIpc) is 3.10. The number of rotatable bonds is 16. The summed E-state index contributed by atoms with van der Waals surface area (Å²) in [6.45, 7) is 2.98. The molecule has 7 heteroatoms. The number of ether oxygens (including phenoxy) is 4. The lowest BCUT2D eigenvalue weighted by Crippen LogP contribution is -2.17. The van der Waals surface area contributed by atoms with Crippen LogP contribution in [0.1, 0.15) is 107 Å². The van der Waals surface area contributed by atoms with E-state index < -0.39 is 0 Å². The monoisotopic (exact) mass is 462 g/mol. The Morgan fingerprint density at radius 2 is 1.61 bits per heavy atom. The molecule has 1 aliphatic rings. The van der Waals surface area contributed by atoms with E-state index in [0.29, 0.717) is 29.9 Å². The number of cyclic esters (lactones) is 1. The maximum atomic E-state index is 12.3. The first-order chi connectivity index (χ1) is 15.8. The Labute approximate surface area is 197 Å². The van der Waals surface area contributed by atoms with Gasteiger partial charge in [-0.05, 0) is 45.1 Å². The lowest BCUT2D eigenvalue weighted by molar-refractivity contribution is -0.147. The molecule has 0 bridgehead atoms. The molecule has 0 saturated heterocycles. The number of benzene rings is 1. The molecule has 0 unspecified atom stereocenters. The highest BCUT2D eigenvalue weighted by atomic mass is 16.6. The molecule has 1 aromatic rings. The molecule has 0 aromatic heterocycles. The molecule has 7 nitrogen and oxygen atoms in total. The van der Waals surface area contributed by atoms with Crippen molar-refractivity contribution in [3.63, 3.8) is 0 Å². The number of unbranched alkanes of at least 4 members (excludes halogenated alkanes) is 6. The van der Waals surface area contributed by atoms with E-state index in [1.165, 1.54) is 14.0 Å². The number of hydrogen-bond donors (Lipinski definition) is 0. The van der Waals surface area contributed by atoms with Crippen LogP contribution in [0.2, 0.25) is 0 Å². The lowest BCUT2D eigenvalue weighted by Gasteiger charge is -2.16. The summed E-state index contributed by atoms with van der Waals surface area (Å²) < 4.78 is 21.6. The minimum atomic E-state index is -0.329. The van der Waals surface area contributed by atoms with Crippen molar-refractivity contribution in [2.45, 2.75) is 96.7 Å². The minimum Gasteiger partial charge on any atom is -0.497 e. The molecule has 0 aliphatic carbocycles. The fraction of sp³-hybridized carbons (Fsp3) is 0.654. The molecule has 1 aromatic carbocycles. The van der Waals surface area contributed by atoms with Crippen LogP contribution in [0.4, 0.5) is 0 Å². The van der Waals surface area contributed by atoms with Crippen LogP contribution in [0.25, 0.3) is 0 Å². The highest BCUT2D eigenvalue weighted by molar-refractivity contribution is 5.97. The Morgan fingerprint density at radius 3 is 2.21 bits per heavy atom. The summed E-state index contributed by atoms with van der Waals surface area (Å²) in [5, 5.41) is 0. The maximum absolute atomic E-state index is 12.3. The van der Waals surface area contributed by atoms with Crippen LogP contribution < -0.4 is 9.47 Å². The summed E-state index contributed by atoms with van der Waals surface area (Å²) in [5.41, 5.74) is 1.36. The Hall–Kier alpha value is -2.57. The van der Waals surface area contributed by atoms with Crippen molar-refractivity contribution in [1.29, 1.82) is 0 Å². The summed E-state index contributed by atoms with van der Waals surface area (Å²) in [7, 11) is 3.13. The van der Waals surface area contributed by atoms with E-state index in [9.17, 15) is 14.4 Å². The van der Waals surface area contributed by atoms with Gasteiger partial charge in [-0.15, -0.1) is 0 Å². The van der Waals surface area contributed by atoms with Crippen molar-refractivity contribution in [3.8, 4) is 11.5 Å². The number of fused-ring (bicyclic) bond motifs is 1. The minimum absolute atomic E-state index is 0.126. The van der Waals surface area contributed by atoms with Gasteiger partial charge in [-0.25, -0.2) is 4.79 Å². The number of hydrogen-bond acceptors (Lipinski definition) is 7. The summed E-state index contributed by atoms with van der Waals surface area (Å²) in [4.78, 5) is 34.7. The van der Waals surface area contributed by atoms with Gasteiger partial charge in [-0.2, -0.15) is 0 Å². The first kappa shape index (κ1) is 26.7. The third-order valence-corrected chi connectivity index (χ3v) is 6.01. The first-order valence-corrected chi connectivity index (χ1v) is 12.0. The molecule has 0 radical (unpaired) electrons. The predicted octanol–water partition coefficient (Wildman–Crippen LogP) is 5.73. The third kappa shape index (κ3) is 8.71. The molecular formula is C26H38O7. The fourth-order valence-electron chi connectivity index (χ4n) is 4.27. The van der Waals surface area contributed by atoms with Gasteiger partial charge in [-0.1, -0.05) is 32.1 Å². The topological polar surface area (TPSA) is 88.1 Å². The number of esters is 2. The Bertz CT molecular complexity index is 802. The van der Waals surface area contributed by atoms with Crippen LogP contribution in [0.3, 0.4) is 0 Å². The van der Waals surface area contributed by atoms with Gasteiger partial charge in [0, 0.05) is 25.0 Å². The third-order valence-electron chi connectivity index (χ3n) is 6.01. The van der Waals surface area contributed by atoms with Gasteiger partial charge in [0.1, 0.15) is 35.1 Å². The van der Waals surface area contributed by atoms with Crippen LogP contribution in [-0.4, -0.2) is 38.0 Å². The molecule has 1 heterocycles. The SMILES string of the molecule is COc1cc(OC)c2c(c1)[C@H](CCCCCCCCC[C@@H](CCC(C)=O)OC(C)=O)OC2=O. The molecule has 1 aliphatic heterocycles. The molecule has 0 N–H and O–H groups in total. The average molecular weight is 463 g/mol. The molecular weight excluding hydrogens is 424 g/mol. The zero-order valence-electron chi connectivity index (χ0n) is 20.4. The van der Waals surface area contributed by atoms with Gasteiger partial charge in [0.25, 0.3) is 0 Å². The highest BCUT2D eigenvalue weighted by Crippen LogP contribution is 2.41. The Balaban J connectivity index is 1.64. The maximum Gasteiger partial charge on any atom is 0.342 e. The van der Waals surface area contributed by atoms with Crippen molar-refractivity contribution in [2.75, 3.05) is 14.2 Å². The normalized spacial score (nSPS) is 15.5. The van der Waals surface area contributed by atoms with Gasteiger partial charge >= 0.3 is 11.9 Å². The second-order valence-electron chi connectivity index (χ2n) is 8.71. The summed E-state index contributed by atoms with van der Waals surface area (Å²) in [6, 6.07) is 3.58. The van der Waals surface area contributed by atoms with Gasteiger partial charge < -0.3 is 23.7 Å². The van der Waals surface area contributed by atoms with Crippen molar-refractivity contribution < 1.29 is 33.3 Å². The van der Waals surface area contributed by atoms with E-state index in [2.05, 4.69) is 0 Å². The fourth-order valence-corrected chi connectivity index (χ4v) is 4.27. The first-order valence-electron chi connectivity index (χ1n) is 12.0. The number of carbonyl (C=O) groups excluding carboxylic acids is 3. The van der Waals surface area contributed by atoms with Crippen molar-refractivity contribution in [1.82, 2.24) is 0 Å². The summed E-state index contributed by atoms with van der Waals surface area (Å²) in [6.07, 6.45) is 9.83. The highest BCUT2D eigenvalue weighted by Gasteiger charge is 2.34. The molecule has 0 spiro atoms. The number of methoxy groups -OCH3 is 2. The van der Waals surface area contributed by atoms with E-state index in [0.717, 1.165) is 63.4 Å². The molecule has 0 fully saturated rings. The van der Waals surface area contributed by atoms with Crippen LogP contribution in [-0.2, 0) is 19.1 Å². The van der Waals surface area contributed by atoms with Gasteiger partial charge in [0.15, 0.2) is 0 Å². The number of carbonyl (C=O) groups is 3. The quantitative estimate of drug-likeness (QED) is 0.229. The molecule has 2 atom stereocenters. The Kier molecular flexibility index (Phi) is 11.2. The second kappa shape index (κ2) is 13.9. The molecule has 0 amide bonds. The standard InChI is InChI=1S/C26H38O7/c1-18(27)14-15-20(32-19(2)28)12-10-8-6-5-7-9-11-13-23-22-16-21(30-3)17-24(31-4)25(22)26(29)33-23/h16-17,20,23H,5-15H2,1-4H3/t20-,23-/m0/s1. The zero-order valence-corrected chi connectivity index (χ0v) is 20.4.